The van der Waals surface area contributed by atoms with Crippen molar-refractivity contribution in [3.8, 4) is 28.9 Å². The third kappa shape index (κ3) is 6.80. The number of ether oxygens (including phenoxy) is 3. The molecule has 5 heterocycles. The van der Waals surface area contributed by atoms with Gasteiger partial charge in [-0.25, -0.2) is 13.8 Å². The van der Waals surface area contributed by atoms with Crippen molar-refractivity contribution in [2.75, 3.05) is 63.0 Å². The summed E-state index contributed by atoms with van der Waals surface area (Å²) in [6, 6.07) is 7.97. The molecule has 3 atom stereocenters. The van der Waals surface area contributed by atoms with E-state index in [2.05, 4.69) is 14.9 Å². The van der Waals surface area contributed by atoms with Crippen molar-refractivity contribution in [2.24, 2.45) is 10.8 Å². The molecule has 2 aromatic carbocycles. The molecular weight excluding hydrogens is 729 g/mol. The molecule has 5 fully saturated rings. The van der Waals surface area contributed by atoms with E-state index in [9.17, 15) is 14.4 Å². The molecule has 0 amide bonds. The number of β-amino-alcohol motifs (C(OH)–C–C–N with tert-alkyl or cyclic N) is 1. The summed E-state index contributed by atoms with van der Waals surface area (Å²) < 4.78 is 62.5. The number of anilines is 1. The number of rotatable bonds is 7. The van der Waals surface area contributed by atoms with Crippen molar-refractivity contribution >= 4 is 38.3 Å². The highest BCUT2D eigenvalue weighted by Gasteiger charge is 2.58. The lowest BCUT2D eigenvalue weighted by atomic mass is 9.64. The molecule has 4 aromatic rings. The van der Waals surface area contributed by atoms with Crippen LogP contribution in [0.5, 0.6) is 17.6 Å². The zero-order valence-corrected chi connectivity index (χ0v) is 32.9. The third-order valence-corrected chi connectivity index (χ3v) is 14.3. The summed E-state index contributed by atoms with van der Waals surface area (Å²) in [5, 5.41) is 22.4. The van der Waals surface area contributed by atoms with Gasteiger partial charge in [-0.15, -0.1) is 0 Å². The fourth-order valence-electron chi connectivity index (χ4n) is 10.1. The van der Waals surface area contributed by atoms with Gasteiger partial charge in [0.25, 0.3) is 0 Å². The smallest absolute Gasteiger partial charge is 0.319 e. The zero-order valence-electron chi connectivity index (χ0n) is 32.1. The van der Waals surface area contributed by atoms with Crippen LogP contribution in [-0.2, 0) is 15.5 Å². The van der Waals surface area contributed by atoms with Gasteiger partial charge in [-0.3, -0.25) is 9.11 Å². The Balaban J connectivity index is 0.00000210. The Hall–Kier alpha value is -3.72. The highest BCUT2D eigenvalue weighted by molar-refractivity contribution is 7.86. The number of hydrogen-bond donors (Lipinski definition) is 2. The molecule has 3 aliphatic heterocycles. The maximum atomic E-state index is 17.2. The molecule has 3 saturated heterocycles. The second-order valence-corrected chi connectivity index (χ2v) is 17.8. The second kappa shape index (κ2) is 14.7. The first-order chi connectivity index (χ1) is 26.5. The van der Waals surface area contributed by atoms with Crippen LogP contribution < -0.4 is 14.4 Å². The maximum absolute atomic E-state index is 17.2. The Morgan fingerprint density at radius 3 is 2.60 bits per heavy atom. The predicted octanol–water partition coefficient (Wildman–Crippen LogP) is 6.38. The Labute approximate surface area is 322 Å². The standard InChI is InChI=1S/C39H45F2N5O6S.C2H6/c1-37(48)18-45(12-13-51-19-37)34-30-33(31(41)32(42-35(30)50-2)26-15-25(47)14-23-6-3-7-27(40)29(23)26)43-36(44-34)52-20-39-9-4-8-28(39)46(11-5-10-39)24-16-38(17-24)21-53(49)22-38;1-2/h3,6-7,14-15,24,28,47-48H,4-5,8-13,16-22H2,1-2H3;1-2H3. The fraction of sp³-hybridized carbons (Fsp3) is 0.585. The molecule has 14 heteroatoms. The van der Waals surface area contributed by atoms with E-state index in [1.54, 1.807) is 13.0 Å². The van der Waals surface area contributed by atoms with Crippen molar-refractivity contribution in [3.05, 3.63) is 42.0 Å². The summed E-state index contributed by atoms with van der Waals surface area (Å²) in [4.78, 5) is 18.6. The van der Waals surface area contributed by atoms with Crippen LogP contribution in [0.15, 0.2) is 30.3 Å². The number of likely N-dealkylation sites (tertiary alicyclic amines) is 1. The van der Waals surface area contributed by atoms with Gasteiger partial charge in [0, 0.05) is 57.3 Å². The number of methoxy groups -OCH3 is 1. The minimum atomic E-state index is -1.23. The zero-order chi connectivity index (χ0) is 38.7. The summed E-state index contributed by atoms with van der Waals surface area (Å²) in [7, 11) is 0.750. The number of aromatic hydroxyl groups is 1. The first-order valence-corrected chi connectivity index (χ1v) is 21.1. The highest BCUT2D eigenvalue weighted by atomic mass is 32.2. The molecular formula is C41H51F2N5O6S. The number of nitrogens with zero attached hydrogens (tertiary/aromatic N) is 5. The minimum Gasteiger partial charge on any atom is -0.508 e. The topological polar surface area (TPSA) is 130 Å². The normalized spacial score (nSPS) is 30.6. The van der Waals surface area contributed by atoms with E-state index >= 15 is 8.78 Å². The quantitative estimate of drug-likeness (QED) is 0.217. The van der Waals surface area contributed by atoms with Crippen molar-refractivity contribution < 1.29 is 37.4 Å². The SMILES string of the molecule is CC.COc1nc(-c2cc(O)cc3cccc(F)c23)c(F)c2nc(OCC34CCCC3N(C3CC5(C3)CS(=O)C5)CCC4)nc(N3CCOCC(C)(O)C3)c12. The average molecular weight is 780 g/mol. The van der Waals surface area contributed by atoms with Gasteiger partial charge in [-0.2, -0.15) is 9.97 Å². The summed E-state index contributed by atoms with van der Waals surface area (Å²) >= 11 is 0. The second-order valence-electron chi connectivity index (χ2n) is 16.3. The molecule has 296 valence electrons. The number of aromatic nitrogens is 3. The molecule has 2 aliphatic carbocycles. The summed E-state index contributed by atoms with van der Waals surface area (Å²) in [5.41, 5.74) is -1.40. The van der Waals surface area contributed by atoms with Crippen LogP contribution in [0.1, 0.15) is 65.7 Å². The van der Waals surface area contributed by atoms with E-state index in [-0.39, 0.29) is 75.0 Å². The van der Waals surface area contributed by atoms with E-state index in [1.807, 2.05) is 18.7 Å². The Kier molecular flexibility index (Phi) is 10.2. The Bertz CT molecular complexity index is 2120. The number of fused-ring (bicyclic) bond motifs is 3. The van der Waals surface area contributed by atoms with Crippen LogP contribution in [0, 0.1) is 22.5 Å². The first kappa shape index (κ1) is 38.2. The van der Waals surface area contributed by atoms with Crippen molar-refractivity contribution in [1.82, 2.24) is 19.9 Å². The van der Waals surface area contributed by atoms with Gasteiger partial charge in [0.15, 0.2) is 5.82 Å². The van der Waals surface area contributed by atoms with Gasteiger partial charge < -0.3 is 29.3 Å². The first-order valence-electron chi connectivity index (χ1n) is 19.6. The molecule has 55 heavy (non-hydrogen) atoms. The molecule has 1 spiro atoms. The molecule has 5 aliphatic rings. The molecule has 9 rings (SSSR count). The lowest BCUT2D eigenvalue weighted by Gasteiger charge is -2.60. The number of phenols is 1. The van der Waals surface area contributed by atoms with Crippen LogP contribution in [0.3, 0.4) is 0 Å². The molecule has 0 bridgehead atoms. The molecule has 3 unspecified atom stereocenters. The van der Waals surface area contributed by atoms with E-state index < -0.39 is 28.0 Å². The average Bonchev–Trinajstić information content (AvgIpc) is 3.49. The predicted molar refractivity (Wildman–Crippen MR) is 208 cm³/mol. The van der Waals surface area contributed by atoms with Gasteiger partial charge in [-0.1, -0.05) is 32.4 Å². The lowest BCUT2D eigenvalue weighted by molar-refractivity contribution is -0.0719. The van der Waals surface area contributed by atoms with Crippen LogP contribution >= 0.6 is 0 Å². The monoisotopic (exact) mass is 779 g/mol. The van der Waals surface area contributed by atoms with Gasteiger partial charge in [0.2, 0.25) is 5.88 Å². The largest absolute Gasteiger partial charge is 0.508 e. The highest BCUT2D eigenvalue weighted by Crippen LogP contribution is 2.55. The van der Waals surface area contributed by atoms with E-state index in [4.69, 9.17) is 19.2 Å². The maximum Gasteiger partial charge on any atom is 0.319 e. The van der Waals surface area contributed by atoms with Crippen LogP contribution in [0.4, 0.5) is 14.6 Å². The third-order valence-electron chi connectivity index (χ3n) is 12.4. The van der Waals surface area contributed by atoms with Gasteiger partial charge >= 0.3 is 6.01 Å². The molecule has 2 aromatic heterocycles. The van der Waals surface area contributed by atoms with Crippen molar-refractivity contribution in [2.45, 2.75) is 83.4 Å². The van der Waals surface area contributed by atoms with Crippen LogP contribution in [0.25, 0.3) is 32.9 Å². The van der Waals surface area contributed by atoms with Crippen molar-refractivity contribution in [1.29, 1.82) is 0 Å². The Morgan fingerprint density at radius 2 is 1.84 bits per heavy atom. The number of piperidine rings is 1. The minimum absolute atomic E-state index is 0.00142. The van der Waals surface area contributed by atoms with Gasteiger partial charge in [-0.05, 0) is 81.0 Å². The van der Waals surface area contributed by atoms with Crippen LogP contribution in [0.2, 0.25) is 0 Å². The fourth-order valence-corrected chi connectivity index (χ4v) is 11.8. The number of pyridine rings is 1. The molecule has 2 saturated carbocycles. The van der Waals surface area contributed by atoms with E-state index in [0.717, 1.165) is 63.0 Å². The molecule has 11 nitrogen and oxygen atoms in total. The number of aliphatic hydroxyl groups is 1. The van der Waals surface area contributed by atoms with Crippen LogP contribution in [-0.4, -0.2) is 110 Å². The van der Waals surface area contributed by atoms with Gasteiger partial charge in [0.05, 0.1) is 33.5 Å². The summed E-state index contributed by atoms with van der Waals surface area (Å²) in [5.74, 6) is 0.339. The van der Waals surface area contributed by atoms with E-state index in [0.29, 0.717) is 37.2 Å². The van der Waals surface area contributed by atoms with E-state index in [1.165, 1.54) is 31.4 Å². The number of phenolic OH excluding ortho intramolecular Hbond substituents is 1. The summed E-state index contributed by atoms with van der Waals surface area (Å²) in [6.07, 6.45) is 7.47. The lowest BCUT2D eigenvalue weighted by Crippen LogP contribution is -2.65. The Morgan fingerprint density at radius 1 is 1.05 bits per heavy atom. The number of halogens is 2. The van der Waals surface area contributed by atoms with Gasteiger partial charge in [0.1, 0.15) is 39.6 Å². The molecule has 2 N–H and O–H groups in total. The van der Waals surface area contributed by atoms with Crippen molar-refractivity contribution in [3.63, 3.8) is 0 Å². The summed E-state index contributed by atoms with van der Waals surface area (Å²) in [6.45, 7) is 7.96. The number of hydrogen-bond acceptors (Lipinski definition) is 11. The number of benzene rings is 2. The molecule has 0 radical (unpaired) electrons.